The molecule has 2 saturated heterocycles. The van der Waals surface area contributed by atoms with Gasteiger partial charge in [-0.2, -0.15) is 0 Å². The van der Waals surface area contributed by atoms with Crippen molar-refractivity contribution in [1.29, 1.82) is 0 Å². The first kappa shape index (κ1) is 55.9. The predicted molar refractivity (Wildman–Crippen MR) is 237 cm³/mol. The van der Waals surface area contributed by atoms with Crippen LogP contribution in [0.1, 0.15) is 79.1 Å². The second kappa shape index (κ2) is 27.4. The second-order valence-electron chi connectivity index (χ2n) is 17.6. The molecule has 0 aliphatic carbocycles. The SMILES string of the molecule is C[C@@H]1[C@H](O)[C@@H](C)/C=C/C=C/C=C/C=C/C=C/C=C/C=C/[C@H](OC2O[C@H](C)[C@@H](O)[C@H](N)[C@@H]2O)C[C@@H]2O[C@](O)(C[C@@H](O)[C@H](O)CCC(O)CC(O)CC(O)CC(=O)O[C@H]1C)C[C@H](O)[C@H]2C(=O)O. The van der Waals surface area contributed by atoms with E-state index in [0.717, 1.165) is 0 Å². The van der Waals surface area contributed by atoms with Crippen molar-refractivity contribution in [3.05, 3.63) is 85.1 Å². The topological polar surface area (TPSA) is 320 Å². The molecule has 0 aromatic heterocycles. The highest BCUT2D eigenvalue weighted by Gasteiger charge is 2.51. The van der Waals surface area contributed by atoms with Gasteiger partial charge in [0, 0.05) is 31.1 Å². The van der Waals surface area contributed by atoms with E-state index in [-0.39, 0.29) is 38.0 Å². The van der Waals surface area contributed by atoms with Gasteiger partial charge in [-0.3, -0.25) is 9.59 Å². The quantitative estimate of drug-likeness (QED) is 0.174. The first-order chi connectivity index (χ1) is 30.6. The van der Waals surface area contributed by atoms with Gasteiger partial charge in [-0.1, -0.05) is 98.9 Å². The van der Waals surface area contributed by atoms with E-state index in [1.165, 1.54) is 13.0 Å². The van der Waals surface area contributed by atoms with Gasteiger partial charge >= 0.3 is 11.9 Å². The maximum Gasteiger partial charge on any atom is 0.311 e. The van der Waals surface area contributed by atoms with E-state index in [1.807, 2.05) is 13.0 Å². The Labute approximate surface area is 381 Å². The van der Waals surface area contributed by atoms with E-state index in [2.05, 4.69) is 0 Å². The molecule has 0 spiro atoms. The zero-order chi connectivity index (χ0) is 48.4. The number of aliphatic carboxylic acids is 1. The summed E-state index contributed by atoms with van der Waals surface area (Å²) in [6.07, 6.45) is 3.49. The van der Waals surface area contributed by atoms with Crippen LogP contribution in [0.5, 0.6) is 0 Å². The van der Waals surface area contributed by atoms with Gasteiger partial charge in [-0.15, -0.1) is 0 Å². The van der Waals surface area contributed by atoms with E-state index in [0.29, 0.717) is 0 Å². The van der Waals surface area contributed by atoms with Crippen molar-refractivity contribution in [2.75, 3.05) is 0 Å². The van der Waals surface area contributed by atoms with Gasteiger partial charge in [0.1, 0.15) is 18.1 Å². The average molecular weight is 924 g/mol. The minimum atomic E-state index is -2.36. The average Bonchev–Trinajstić information content (AvgIpc) is 3.21. The highest BCUT2D eigenvalue weighted by atomic mass is 16.7. The van der Waals surface area contributed by atoms with E-state index in [4.69, 9.17) is 24.7 Å². The number of hydrogen-bond donors (Lipinski definition) is 12. The van der Waals surface area contributed by atoms with Crippen LogP contribution in [0.2, 0.25) is 0 Å². The number of carboxylic acids is 1. The Kier molecular flexibility index (Phi) is 23.6. The molecule has 3 aliphatic rings. The van der Waals surface area contributed by atoms with Gasteiger partial charge in [-0.25, -0.2) is 0 Å². The number of carbonyl (C=O) groups excluding carboxylic acids is 1. The zero-order valence-electron chi connectivity index (χ0n) is 37.6. The van der Waals surface area contributed by atoms with Gasteiger partial charge in [0.05, 0.1) is 79.6 Å². The summed E-state index contributed by atoms with van der Waals surface area (Å²) in [5.41, 5.74) is 6.02. The van der Waals surface area contributed by atoms with Crippen molar-refractivity contribution < 1.29 is 84.7 Å². The molecule has 0 amide bonds. The fourth-order valence-electron chi connectivity index (χ4n) is 7.96. The smallest absolute Gasteiger partial charge is 0.311 e. The summed E-state index contributed by atoms with van der Waals surface area (Å²) in [4.78, 5) is 25.1. The Morgan fingerprint density at radius 3 is 1.78 bits per heavy atom. The summed E-state index contributed by atoms with van der Waals surface area (Å²) in [5, 5.41) is 118. The van der Waals surface area contributed by atoms with Crippen LogP contribution in [0.4, 0.5) is 0 Å². The number of carboxylic acid groups (broad SMARTS) is 1. The summed E-state index contributed by atoms with van der Waals surface area (Å²) in [7, 11) is 0. The van der Waals surface area contributed by atoms with Crippen molar-refractivity contribution in [2.24, 2.45) is 23.5 Å². The predicted octanol–water partition coefficient (Wildman–Crippen LogP) is 0.712. The fourth-order valence-corrected chi connectivity index (χ4v) is 7.96. The van der Waals surface area contributed by atoms with Crippen molar-refractivity contribution in [3.63, 3.8) is 0 Å². The molecule has 4 unspecified atom stereocenters. The first-order valence-corrected chi connectivity index (χ1v) is 22.3. The normalized spacial score (nSPS) is 45.5. The van der Waals surface area contributed by atoms with Crippen LogP contribution in [0, 0.1) is 17.8 Å². The third kappa shape index (κ3) is 18.6. The van der Waals surface area contributed by atoms with Gasteiger partial charge in [0.25, 0.3) is 0 Å². The Bertz CT molecular complexity index is 1670. The van der Waals surface area contributed by atoms with Gasteiger partial charge in [0.2, 0.25) is 0 Å². The molecule has 2 bridgehead atoms. The number of hydrogen-bond acceptors (Lipinski definition) is 17. The molecule has 0 saturated carbocycles. The van der Waals surface area contributed by atoms with Crippen LogP contribution in [0.3, 0.4) is 0 Å². The highest BCUT2D eigenvalue weighted by Crippen LogP contribution is 2.38. The maximum absolute atomic E-state index is 12.6. The van der Waals surface area contributed by atoms with Crippen LogP contribution < -0.4 is 5.73 Å². The molecule has 65 heavy (non-hydrogen) atoms. The molecule has 368 valence electrons. The standard InChI is InChI=1S/C47H73NO17/c1-27-17-15-13-11-9-7-5-6-8-10-12-14-16-18-34(64-46-44(58)41(48)43(57)30(4)63-46)24-38-40(45(59)60)37(54)26-47(61,65-38)25-36(53)35(52)20-19-31(49)21-32(50)22-33(51)23-39(55)62-29(3)28(2)42(27)56/h5-18,27-38,40-44,46,49-54,56-58,61H,19-26,48H2,1-4H3,(H,59,60)/b6-5+,9-7+,10-8+,13-11+,14-12+,17-15+,18-16+/t27-,28-,29-,30+,31?,32?,33?,34-,35+,36+,37-,38-,40+,41-,42+,43+,44-,46?,47+/m0/s1. The van der Waals surface area contributed by atoms with E-state index in [9.17, 15) is 65.8 Å². The number of nitrogens with two attached hydrogens (primary N) is 1. The highest BCUT2D eigenvalue weighted by molar-refractivity contribution is 5.71. The molecule has 18 heteroatoms. The van der Waals surface area contributed by atoms with Crippen LogP contribution in [-0.4, -0.2) is 166 Å². The molecule has 3 heterocycles. The minimum absolute atomic E-state index is 0.140. The molecule has 2 fully saturated rings. The number of esters is 1. The number of cyclic esters (lactones) is 1. The lowest BCUT2D eigenvalue weighted by molar-refractivity contribution is -0.310. The van der Waals surface area contributed by atoms with Crippen LogP contribution in [0.15, 0.2) is 85.1 Å². The minimum Gasteiger partial charge on any atom is -0.481 e. The number of carbonyl (C=O) groups is 2. The molecule has 13 N–H and O–H groups in total. The molecule has 0 aromatic carbocycles. The van der Waals surface area contributed by atoms with E-state index in [1.54, 1.807) is 86.8 Å². The van der Waals surface area contributed by atoms with Crippen molar-refractivity contribution in [2.45, 2.75) is 177 Å². The third-order valence-corrected chi connectivity index (χ3v) is 12.0. The molecule has 3 aliphatic heterocycles. The van der Waals surface area contributed by atoms with Crippen LogP contribution in [0.25, 0.3) is 0 Å². The lowest BCUT2D eigenvalue weighted by Gasteiger charge is -2.45. The summed E-state index contributed by atoms with van der Waals surface area (Å²) in [5.74, 6) is -6.88. The number of allylic oxidation sites excluding steroid dienone is 12. The molecule has 0 aromatic rings. The van der Waals surface area contributed by atoms with Crippen LogP contribution in [-0.2, 0) is 28.5 Å². The van der Waals surface area contributed by atoms with Crippen molar-refractivity contribution >= 4 is 11.9 Å². The molecular weight excluding hydrogens is 851 g/mol. The summed E-state index contributed by atoms with van der Waals surface area (Å²) >= 11 is 0. The fraction of sp³-hybridized carbons (Fsp3) is 0.660. The van der Waals surface area contributed by atoms with E-state index < -0.39 is 141 Å². The number of rotatable bonds is 3. The number of aliphatic hydroxyl groups is 10. The lowest BCUT2D eigenvalue weighted by atomic mass is 9.82. The molecule has 18 nitrogen and oxygen atoms in total. The molecular formula is C47H73NO17. The first-order valence-electron chi connectivity index (χ1n) is 22.3. The van der Waals surface area contributed by atoms with Crippen molar-refractivity contribution in [3.8, 4) is 0 Å². The number of aliphatic hydroxyl groups excluding tert-OH is 9. The third-order valence-electron chi connectivity index (χ3n) is 12.0. The Morgan fingerprint density at radius 2 is 1.20 bits per heavy atom. The second-order valence-corrected chi connectivity index (χ2v) is 17.6. The van der Waals surface area contributed by atoms with Gasteiger partial charge in [-0.05, 0) is 39.5 Å². The molecule has 0 radical (unpaired) electrons. The summed E-state index contributed by atoms with van der Waals surface area (Å²) in [6.45, 7) is 6.74. The number of ether oxygens (including phenoxy) is 4. The van der Waals surface area contributed by atoms with Crippen molar-refractivity contribution in [1.82, 2.24) is 0 Å². The summed E-state index contributed by atoms with van der Waals surface area (Å²) in [6, 6.07) is -1.15. The Morgan fingerprint density at radius 1 is 0.662 bits per heavy atom. The lowest BCUT2D eigenvalue weighted by Crippen LogP contribution is -2.61. The Balaban J connectivity index is 1.86. The van der Waals surface area contributed by atoms with E-state index >= 15 is 0 Å². The maximum atomic E-state index is 12.6. The largest absolute Gasteiger partial charge is 0.481 e. The Hall–Kier alpha value is -3.44. The van der Waals surface area contributed by atoms with Gasteiger partial charge in [0.15, 0.2) is 12.1 Å². The monoisotopic (exact) mass is 923 g/mol. The van der Waals surface area contributed by atoms with Gasteiger partial charge < -0.3 is 80.9 Å². The summed E-state index contributed by atoms with van der Waals surface area (Å²) < 4.78 is 23.1. The van der Waals surface area contributed by atoms with Crippen LogP contribution >= 0.6 is 0 Å². The molecule has 3 rings (SSSR count). The molecule has 19 atom stereocenters. The number of fused-ring (bicyclic) bond motifs is 2. The zero-order valence-corrected chi connectivity index (χ0v) is 37.6.